The standard InChI is InChI=1S/C21H36N4O7/c1-5-12(4)17(25-18(28)13-7-6-10-22-13)20(30)24-16(11(2)3)19(29)23-14(21(31)32)8-9-15(26)27/h11-14,16-17,22H,5-10H2,1-4H3,(H,23,29)(H,24,30)(H,25,28)(H,26,27)(H,31,32). The number of amides is 3. The molecule has 3 amide bonds. The summed E-state index contributed by atoms with van der Waals surface area (Å²) in [5, 5.41) is 28.9. The summed E-state index contributed by atoms with van der Waals surface area (Å²) in [6, 6.07) is -3.66. The molecule has 6 N–H and O–H groups in total. The lowest BCUT2D eigenvalue weighted by Gasteiger charge is -2.29. The zero-order valence-corrected chi connectivity index (χ0v) is 19.1. The van der Waals surface area contributed by atoms with Gasteiger partial charge in [-0.05, 0) is 37.6 Å². The van der Waals surface area contributed by atoms with Crippen LogP contribution in [-0.2, 0) is 24.0 Å². The van der Waals surface area contributed by atoms with Crippen LogP contribution < -0.4 is 21.3 Å². The Balaban J connectivity index is 2.89. The summed E-state index contributed by atoms with van der Waals surface area (Å²) in [6.45, 7) is 7.83. The first-order valence-electron chi connectivity index (χ1n) is 11.1. The van der Waals surface area contributed by atoms with Crippen LogP contribution in [0.5, 0.6) is 0 Å². The Bertz CT molecular complexity index is 692. The molecular formula is C21H36N4O7. The predicted octanol–water partition coefficient (Wildman–Crippen LogP) is -0.156. The third-order valence-corrected chi connectivity index (χ3v) is 5.68. The van der Waals surface area contributed by atoms with E-state index in [0.717, 1.165) is 13.0 Å². The first-order chi connectivity index (χ1) is 15.0. The number of carbonyl (C=O) groups excluding carboxylic acids is 3. The van der Waals surface area contributed by atoms with Crippen molar-refractivity contribution in [1.82, 2.24) is 21.3 Å². The van der Waals surface area contributed by atoms with E-state index in [-0.39, 0.29) is 30.2 Å². The summed E-state index contributed by atoms with van der Waals surface area (Å²) in [5.74, 6) is -4.63. The molecule has 5 atom stereocenters. The molecule has 32 heavy (non-hydrogen) atoms. The summed E-state index contributed by atoms with van der Waals surface area (Å²) in [5.41, 5.74) is 0. The van der Waals surface area contributed by atoms with Gasteiger partial charge in [0.25, 0.3) is 0 Å². The normalized spacial score (nSPS) is 19.5. The van der Waals surface area contributed by atoms with E-state index >= 15 is 0 Å². The van der Waals surface area contributed by atoms with Gasteiger partial charge in [-0.2, -0.15) is 0 Å². The molecule has 0 aromatic rings. The first kappa shape index (κ1) is 27.3. The quantitative estimate of drug-likeness (QED) is 0.222. The van der Waals surface area contributed by atoms with Crippen LogP contribution in [0, 0.1) is 11.8 Å². The molecule has 1 heterocycles. The molecule has 0 aromatic heterocycles. The second kappa shape index (κ2) is 13.0. The van der Waals surface area contributed by atoms with Crippen molar-refractivity contribution in [2.45, 2.75) is 84.0 Å². The zero-order chi connectivity index (χ0) is 24.4. The highest BCUT2D eigenvalue weighted by atomic mass is 16.4. The SMILES string of the molecule is CCC(C)C(NC(=O)C1CCCN1)C(=O)NC(C(=O)NC(CCC(=O)O)C(=O)O)C(C)C. The van der Waals surface area contributed by atoms with Crippen molar-refractivity contribution in [3.8, 4) is 0 Å². The molecule has 11 heteroatoms. The third-order valence-electron chi connectivity index (χ3n) is 5.68. The number of aliphatic carboxylic acids is 2. The Morgan fingerprint density at radius 3 is 2.06 bits per heavy atom. The number of hydrogen-bond donors (Lipinski definition) is 6. The number of hydrogen-bond acceptors (Lipinski definition) is 6. The molecule has 0 aromatic carbocycles. The molecule has 0 radical (unpaired) electrons. The molecule has 1 fully saturated rings. The molecule has 1 saturated heterocycles. The van der Waals surface area contributed by atoms with E-state index in [1.165, 1.54) is 0 Å². The average molecular weight is 457 g/mol. The second-order valence-electron chi connectivity index (χ2n) is 8.58. The van der Waals surface area contributed by atoms with Crippen molar-refractivity contribution in [3.63, 3.8) is 0 Å². The largest absolute Gasteiger partial charge is 0.481 e. The fraction of sp³-hybridized carbons (Fsp3) is 0.762. The number of carbonyl (C=O) groups is 5. The third kappa shape index (κ3) is 8.45. The topological polar surface area (TPSA) is 174 Å². The van der Waals surface area contributed by atoms with Crippen LogP contribution in [0.1, 0.15) is 59.8 Å². The maximum absolute atomic E-state index is 13.0. The summed E-state index contributed by atoms with van der Waals surface area (Å²) in [4.78, 5) is 60.4. The zero-order valence-electron chi connectivity index (χ0n) is 19.1. The fourth-order valence-corrected chi connectivity index (χ4v) is 3.43. The van der Waals surface area contributed by atoms with Crippen molar-refractivity contribution >= 4 is 29.7 Å². The lowest BCUT2D eigenvalue weighted by atomic mass is 9.96. The Morgan fingerprint density at radius 1 is 0.969 bits per heavy atom. The maximum Gasteiger partial charge on any atom is 0.326 e. The van der Waals surface area contributed by atoms with E-state index in [4.69, 9.17) is 5.11 Å². The van der Waals surface area contributed by atoms with E-state index in [1.807, 2.05) is 13.8 Å². The molecule has 0 spiro atoms. The van der Waals surface area contributed by atoms with Crippen molar-refractivity contribution in [2.75, 3.05) is 6.54 Å². The van der Waals surface area contributed by atoms with Crippen molar-refractivity contribution in [2.24, 2.45) is 11.8 Å². The Morgan fingerprint density at radius 2 is 1.59 bits per heavy atom. The molecule has 182 valence electrons. The Labute approximate surface area is 188 Å². The number of rotatable bonds is 13. The molecule has 1 aliphatic heterocycles. The highest BCUT2D eigenvalue weighted by Crippen LogP contribution is 2.13. The smallest absolute Gasteiger partial charge is 0.326 e. The molecule has 0 bridgehead atoms. The van der Waals surface area contributed by atoms with Crippen molar-refractivity contribution in [3.05, 3.63) is 0 Å². The fourth-order valence-electron chi connectivity index (χ4n) is 3.43. The minimum atomic E-state index is -1.39. The summed E-state index contributed by atoms with van der Waals surface area (Å²) < 4.78 is 0. The number of carboxylic acids is 2. The van der Waals surface area contributed by atoms with Gasteiger partial charge in [-0.1, -0.05) is 34.1 Å². The maximum atomic E-state index is 13.0. The van der Waals surface area contributed by atoms with E-state index in [2.05, 4.69) is 21.3 Å². The number of carboxylic acid groups (broad SMARTS) is 2. The van der Waals surface area contributed by atoms with Gasteiger partial charge in [0.15, 0.2) is 0 Å². The highest BCUT2D eigenvalue weighted by Gasteiger charge is 2.34. The molecule has 1 aliphatic rings. The minimum absolute atomic E-state index is 0.196. The van der Waals surface area contributed by atoms with Crippen LogP contribution in [0.25, 0.3) is 0 Å². The minimum Gasteiger partial charge on any atom is -0.481 e. The van der Waals surface area contributed by atoms with Gasteiger partial charge in [-0.3, -0.25) is 19.2 Å². The lowest BCUT2D eigenvalue weighted by molar-refractivity contribution is -0.143. The number of nitrogens with one attached hydrogen (secondary N) is 4. The second-order valence-corrected chi connectivity index (χ2v) is 8.58. The van der Waals surface area contributed by atoms with Gasteiger partial charge in [0.1, 0.15) is 18.1 Å². The molecule has 11 nitrogen and oxygen atoms in total. The molecule has 1 rings (SSSR count). The van der Waals surface area contributed by atoms with Gasteiger partial charge in [-0.15, -0.1) is 0 Å². The van der Waals surface area contributed by atoms with E-state index in [9.17, 15) is 29.1 Å². The molecule has 0 saturated carbocycles. The van der Waals surface area contributed by atoms with Crippen LogP contribution >= 0.6 is 0 Å². The first-order valence-corrected chi connectivity index (χ1v) is 11.1. The Hall–Kier alpha value is -2.69. The van der Waals surface area contributed by atoms with Crippen LogP contribution in [0.15, 0.2) is 0 Å². The Kier molecular flexibility index (Phi) is 11.1. The van der Waals surface area contributed by atoms with Gasteiger partial charge in [0, 0.05) is 6.42 Å². The monoisotopic (exact) mass is 456 g/mol. The van der Waals surface area contributed by atoms with Crippen molar-refractivity contribution in [1.29, 1.82) is 0 Å². The average Bonchev–Trinajstić information content (AvgIpc) is 3.26. The van der Waals surface area contributed by atoms with Crippen LogP contribution in [0.2, 0.25) is 0 Å². The lowest BCUT2D eigenvalue weighted by Crippen LogP contribution is -2.59. The van der Waals surface area contributed by atoms with E-state index in [1.54, 1.807) is 13.8 Å². The van der Waals surface area contributed by atoms with Crippen molar-refractivity contribution < 1.29 is 34.2 Å². The van der Waals surface area contributed by atoms with Gasteiger partial charge >= 0.3 is 11.9 Å². The predicted molar refractivity (Wildman–Crippen MR) is 116 cm³/mol. The van der Waals surface area contributed by atoms with Crippen LogP contribution in [0.3, 0.4) is 0 Å². The molecular weight excluding hydrogens is 420 g/mol. The van der Waals surface area contributed by atoms with Gasteiger partial charge in [0.05, 0.1) is 6.04 Å². The van der Waals surface area contributed by atoms with Gasteiger partial charge < -0.3 is 31.5 Å². The molecule has 0 aliphatic carbocycles. The van der Waals surface area contributed by atoms with E-state index < -0.39 is 48.3 Å². The highest BCUT2D eigenvalue weighted by molar-refractivity contribution is 5.94. The summed E-state index contributed by atoms with van der Waals surface area (Å²) in [6.07, 6.45) is 1.47. The summed E-state index contributed by atoms with van der Waals surface area (Å²) >= 11 is 0. The van der Waals surface area contributed by atoms with Gasteiger partial charge in [0.2, 0.25) is 17.7 Å². The van der Waals surface area contributed by atoms with Crippen LogP contribution in [0.4, 0.5) is 0 Å². The molecule has 5 unspecified atom stereocenters. The van der Waals surface area contributed by atoms with Gasteiger partial charge in [-0.25, -0.2) is 4.79 Å². The van der Waals surface area contributed by atoms with Crippen LogP contribution in [-0.4, -0.2) is 70.6 Å². The van der Waals surface area contributed by atoms with E-state index in [0.29, 0.717) is 12.8 Å². The summed E-state index contributed by atoms with van der Waals surface area (Å²) in [7, 11) is 0.